The van der Waals surface area contributed by atoms with Crippen molar-refractivity contribution < 1.29 is 4.79 Å². The zero-order valence-electron chi connectivity index (χ0n) is 14.7. The summed E-state index contributed by atoms with van der Waals surface area (Å²) in [5.74, 6) is -0.0874. The fourth-order valence-corrected chi connectivity index (χ4v) is 2.72. The van der Waals surface area contributed by atoms with Gasteiger partial charge >= 0.3 is 0 Å². The summed E-state index contributed by atoms with van der Waals surface area (Å²) in [7, 11) is 3.62. The highest BCUT2D eigenvalue weighted by molar-refractivity contribution is 6.31. The molecule has 2 aromatic rings. The number of aromatic nitrogens is 4. The molecule has 0 aliphatic rings. The van der Waals surface area contributed by atoms with Gasteiger partial charge in [-0.05, 0) is 19.4 Å². The number of likely N-dealkylation sites (N-methyl/N-ethyl adjacent to an activating group) is 1. The number of aryl methyl sites for hydroxylation is 3. The van der Waals surface area contributed by atoms with Crippen LogP contribution in [0.2, 0.25) is 5.15 Å². The maximum atomic E-state index is 12.3. The molecule has 1 amide bonds. The van der Waals surface area contributed by atoms with Crippen molar-refractivity contribution in [2.45, 2.75) is 39.8 Å². The standard InChI is InChI=1S/C17H24ClN5O/c1-5-6-9-23-17(18)15(13(2)20-23)7-8-16(24)21(3)11-14-10-19-22(4)12-14/h7-8,10,12H,5-6,9,11H2,1-4H3/b8-7+. The maximum Gasteiger partial charge on any atom is 0.246 e. The highest BCUT2D eigenvalue weighted by atomic mass is 35.5. The van der Waals surface area contributed by atoms with Crippen LogP contribution in [0.15, 0.2) is 18.5 Å². The van der Waals surface area contributed by atoms with Crippen molar-refractivity contribution in [3.05, 3.63) is 40.4 Å². The van der Waals surface area contributed by atoms with E-state index in [0.29, 0.717) is 11.7 Å². The molecule has 0 aliphatic carbocycles. The second-order valence-electron chi connectivity index (χ2n) is 5.92. The van der Waals surface area contributed by atoms with Crippen molar-refractivity contribution in [1.29, 1.82) is 0 Å². The van der Waals surface area contributed by atoms with Gasteiger partial charge in [0, 0.05) is 50.6 Å². The molecule has 0 fully saturated rings. The molecule has 0 atom stereocenters. The summed E-state index contributed by atoms with van der Waals surface area (Å²) >= 11 is 6.37. The average Bonchev–Trinajstić information content (AvgIpc) is 3.06. The number of hydrogen-bond donors (Lipinski definition) is 0. The van der Waals surface area contributed by atoms with E-state index in [9.17, 15) is 4.79 Å². The number of unbranched alkanes of at least 4 members (excludes halogenated alkanes) is 1. The first-order valence-corrected chi connectivity index (χ1v) is 8.43. The first-order valence-electron chi connectivity index (χ1n) is 8.06. The van der Waals surface area contributed by atoms with Crippen molar-refractivity contribution in [2.75, 3.05) is 7.05 Å². The first kappa shape index (κ1) is 18.3. The Hall–Kier alpha value is -2.08. The number of hydrogen-bond acceptors (Lipinski definition) is 3. The largest absolute Gasteiger partial charge is 0.338 e. The summed E-state index contributed by atoms with van der Waals surface area (Å²) in [4.78, 5) is 13.9. The molecule has 6 nitrogen and oxygen atoms in total. The third-order valence-corrected chi connectivity index (χ3v) is 4.18. The molecule has 0 aromatic carbocycles. The molecule has 0 unspecified atom stereocenters. The third kappa shape index (κ3) is 4.47. The molecule has 0 N–H and O–H groups in total. The highest BCUT2D eigenvalue weighted by Crippen LogP contribution is 2.22. The average molecular weight is 350 g/mol. The topological polar surface area (TPSA) is 56.0 Å². The molecule has 0 radical (unpaired) electrons. The number of nitrogens with zero attached hydrogens (tertiary/aromatic N) is 5. The Balaban J connectivity index is 2.04. The predicted octanol–water partition coefficient (Wildman–Crippen LogP) is 3.05. The Morgan fingerprint density at radius 2 is 2.21 bits per heavy atom. The number of halogens is 1. The summed E-state index contributed by atoms with van der Waals surface area (Å²) < 4.78 is 3.52. The van der Waals surface area contributed by atoms with Gasteiger partial charge in [0.2, 0.25) is 5.91 Å². The number of carbonyl (C=O) groups excluding carboxylic acids is 1. The van der Waals surface area contributed by atoms with E-state index in [2.05, 4.69) is 17.1 Å². The minimum absolute atomic E-state index is 0.0874. The fraction of sp³-hybridized carbons (Fsp3) is 0.471. The van der Waals surface area contributed by atoms with E-state index in [-0.39, 0.29) is 5.91 Å². The maximum absolute atomic E-state index is 12.3. The lowest BCUT2D eigenvalue weighted by molar-refractivity contribution is -0.125. The van der Waals surface area contributed by atoms with E-state index < -0.39 is 0 Å². The van der Waals surface area contributed by atoms with Crippen LogP contribution in [0.1, 0.15) is 36.6 Å². The molecule has 24 heavy (non-hydrogen) atoms. The molecule has 2 rings (SSSR count). The van der Waals surface area contributed by atoms with Gasteiger partial charge in [-0.1, -0.05) is 24.9 Å². The van der Waals surface area contributed by atoms with E-state index in [1.807, 2.05) is 20.2 Å². The molecule has 0 saturated heterocycles. The lowest BCUT2D eigenvalue weighted by atomic mass is 10.2. The van der Waals surface area contributed by atoms with Gasteiger partial charge < -0.3 is 4.90 Å². The van der Waals surface area contributed by atoms with E-state index in [0.717, 1.165) is 36.2 Å². The van der Waals surface area contributed by atoms with Crippen LogP contribution < -0.4 is 0 Å². The Labute approximate surface area is 147 Å². The normalized spacial score (nSPS) is 11.4. The van der Waals surface area contributed by atoms with Gasteiger partial charge in [-0.15, -0.1) is 0 Å². The molecule has 0 bridgehead atoms. The predicted molar refractivity (Wildman–Crippen MR) is 95.6 cm³/mol. The smallest absolute Gasteiger partial charge is 0.246 e. The van der Waals surface area contributed by atoms with Crippen LogP contribution in [0.3, 0.4) is 0 Å². The Bertz CT molecular complexity index is 731. The van der Waals surface area contributed by atoms with Crippen LogP contribution in [-0.4, -0.2) is 37.4 Å². The minimum atomic E-state index is -0.0874. The summed E-state index contributed by atoms with van der Waals surface area (Å²) in [5.41, 5.74) is 2.62. The van der Waals surface area contributed by atoms with Gasteiger partial charge in [-0.3, -0.25) is 14.2 Å². The summed E-state index contributed by atoms with van der Waals surface area (Å²) in [6.45, 7) is 5.33. The lowest BCUT2D eigenvalue weighted by Gasteiger charge is -2.13. The summed E-state index contributed by atoms with van der Waals surface area (Å²) in [6, 6.07) is 0. The van der Waals surface area contributed by atoms with Crippen molar-refractivity contribution >= 4 is 23.6 Å². The number of rotatable bonds is 7. The zero-order chi connectivity index (χ0) is 17.7. The Morgan fingerprint density at radius 3 is 2.83 bits per heavy atom. The second-order valence-corrected chi connectivity index (χ2v) is 6.27. The van der Waals surface area contributed by atoms with E-state index >= 15 is 0 Å². The van der Waals surface area contributed by atoms with Gasteiger partial charge in [-0.25, -0.2) is 0 Å². The molecule has 2 heterocycles. The first-order chi connectivity index (χ1) is 11.4. The van der Waals surface area contributed by atoms with Crippen LogP contribution in [0.5, 0.6) is 0 Å². The second kappa shape index (κ2) is 8.15. The zero-order valence-corrected chi connectivity index (χ0v) is 15.4. The Kier molecular flexibility index (Phi) is 6.20. The number of amides is 1. The molecule has 0 aliphatic heterocycles. The van der Waals surface area contributed by atoms with E-state index in [1.165, 1.54) is 6.08 Å². The van der Waals surface area contributed by atoms with Crippen LogP contribution in [-0.2, 0) is 24.9 Å². The molecule has 130 valence electrons. The van der Waals surface area contributed by atoms with Gasteiger partial charge in [0.15, 0.2) is 0 Å². The lowest BCUT2D eigenvalue weighted by Crippen LogP contribution is -2.23. The molecule has 0 saturated carbocycles. The third-order valence-electron chi connectivity index (χ3n) is 3.78. The van der Waals surface area contributed by atoms with E-state index in [1.54, 1.807) is 33.6 Å². The molecule has 2 aromatic heterocycles. The van der Waals surface area contributed by atoms with Crippen LogP contribution in [0.25, 0.3) is 6.08 Å². The van der Waals surface area contributed by atoms with Crippen LogP contribution in [0.4, 0.5) is 0 Å². The molecular weight excluding hydrogens is 326 g/mol. The minimum Gasteiger partial charge on any atom is -0.338 e. The quantitative estimate of drug-likeness (QED) is 0.722. The summed E-state index contributed by atoms with van der Waals surface area (Å²) in [6.07, 6.45) is 9.04. The molecule has 0 spiro atoms. The van der Waals surface area contributed by atoms with Crippen LogP contribution in [0, 0.1) is 6.92 Å². The van der Waals surface area contributed by atoms with Crippen molar-refractivity contribution in [3.8, 4) is 0 Å². The van der Waals surface area contributed by atoms with Crippen molar-refractivity contribution in [1.82, 2.24) is 24.5 Å². The molecule has 7 heteroatoms. The van der Waals surface area contributed by atoms with Gasteiger partial charge in [0.1, 0.15) is 5.15 Å². The SMILES string of the molecule is CCCCn1nc(C)c(/C=C/C(=O)N(C)Cc2cnn(C)c2)c1Cl. The highest BCUT2D eigenvalue weighted by Gasteiger charge is 2.12. The fourth-order valence-electron chi connectivity index (χ4n) is 2.40. The van der Waals surface area contributed by atoms with E-state index in [4.69, 9.17) is 11.6 Å². The Morgan fingerprint density at radius 1 is 1.46 bits per heavy atom. The van der Waals surface area contributed by atoms with Gasteiger partial charge in [-0.2, -0.15) is 10.2 Å². The monoisotopic (exact) mass is 349 g/mol. The van der Waals surface area contributed by atoms with Crippen molar-refractivity contribution in [2.24, 2.45) is 7.05 Å². The summed E-state index contributed by atoms with van der Waals surface area (Å²) in [5, 5.41) is 9.13. The van der Waals surface area contributed by atoms with Gasteiger partial charge in [0.25, 0.3) is 0 Å². The van der Waals surface area contributed by atoms with Crippen LogP contribution >= 0.6 is 11.6 Å². The van der Waals surface area contributed by atoms with Gasteiger partial charge in [0.05, 0.1) is 11.9 Å². The molecular formula is C17H24ClN5O. The number of carbonyl (C=O) groups is 1. The van der Waals surface area contributed by atoms with Crippen molar-refractivity contribution in [3.63, 3.8) is 0 Å².